The monoisotopic (exact) mass is 547 g/mol. The lowest BCUT2D eigenvalue weighted by molar-refractivity contribution is -0.125. The first-order valence-electron chi connectivity index (χ1n) is 12.6. The standard InChI is InChI=1S/C28H30ClN7O3/c1-18-4-3-5-19(10-18)24(15-37)32-25(38)14-36-13-21-7-6-20(11-22(21)16-39-17-36)26-23(29)12-31-27(33-26)34-28-30-8-9-35(28)2/h3-12,24,37H,13-17H2,1-2H3,(H,32,38)(H,30,31,33,34)/t24-/m1/s1. The van der Waals surface area contributed by atoms with Gasteiger partial charge in [0.2, 0.25) is 17.8 Å². The van der Waals surface area contributed by atoms with Crippen molar-refractivity contribution in [3.63, 3.8) is 0 Å². The second-order valence-electron chi connectivity index (χ2n) is 9.54. The fraction of sp³-hybridized carbons (Fsp3) is 0.286. The van der Waals surface area contributed by atoms with Gasteiger partial charge in [0.05, 0.1) is 42.7 Å². The van der Waals surface area contributed by atoms with E-state index in [1.807, 2.05) is 72.1 Å². The number of aliphatic hydroxyl groups is 1. The maximum Gasteiger partial charge on any atom is 0.234 e. The molecule has 39 heavy (non-hydrogen) atoms. The predicted molar refractivity (Wildman–Crippen MR) is 148 cm³/mol. The maximum atomic E-state index is 12.8. The van der Waals surface area contributed by atoms with Crippen LogP contribution in [0.15, 0.2) is 61.1 Å². The first-order chi connectivity index (χ1) is 18.9. The van der Waals surface area contributed by atoms with Crippen molar-refractivity contribution in [2.24, 2.45) is 7.05 Å². The van der Waals surface area contributed by atoms with E-state index in [4.69, 9.17) is 16.3 Å². The molecule has 0 bridgehead atoms. The quantitative estimate of drug-likeness (QED) is 0.305. The minimum Gasteiger partial charge on any atom is -0.394 e. The van der Waals surface area contributed by atoms with Gasteiger partial charge in [0.15, 0.2) is 0 Å². The van der Waals surface area contributed by atoms with E-state index in [0.717, 1.165) is 27.8 Å². The Balaban J connectivity index is 1.28. The Kier molecular flexibility index (Phi) is 8.18. The largest absolute Gasteiger partial charge is 0.394 e. The van der Waals surface area contributed by atoms with Crippen molar-refractivity contribution in [3.8, 4) is 11.3 Å². The number of carbonyl (C=O) groups excluding carboxylic acids is 1. The van der Waals surface area contributed by atoms with Crippen molar-refractivity contribution in [1.29, 1.82) is 0 Å². The molecule has 10 nitrogen and oxygen atoms in total. The molecule has 0 fully saturated rings. The third-order valence-corrected chi connectivity index (χ3v) is 6.80. The van der Waals surface area contributed by atoms with E-state index < -0.39 is 6.04 Å². The summed E-state index contributed by atoms with van der Waals surface area (Å²) >= 11 is 6.47. The summed E-state index contributed by atoms with van der Waals surface area (Å²) in [5.41, 5.74) is 5.42. The lowest BCUT2D eigenvalue weighted by Gasteiger charge is -2.22. The number of nitrogens with zero attached hydrogens (tertiary/aromatic N) is 5. The molecular weight excluding hydrogens is 518 g/mol. The topological polar surface area (TPSA) is 117 Å². The number of aryl methyl sites for hydroxylation is 2. The van der Waals surface area contributed by atoms with E-state index in [1.165, 1.54) is 0 Å². The average molecular weight is 548 g/mol. The van der Waals surface area contributed by atoms with Gasteiger partial charge in [0, 0.05) is 31.5 Å². The van der Waals surface area contributed by atoms with E-state index >= 15 is 0 Å². The third-order valence-electron chi connectivity index (χ3n) is 6.52. The van der Waals surface area contributed by atoms with Crippen LogP contribution in [0.5, 0.6) is 0 Å². The molecular formula is C28H30ClN7O3. The molecule has 1 amide bonds. The Morgan fingerprint density at radius 1 is 1.21 bits per heavy atom. The number of ether oxygens (including phenoxy) is 1. The van der Waals surface area contributed by atoms with E-state index in [0.29, 0.717) is 42.5 Å². The number of carbonyl (C=O) groups is 1. The smallest absolute Gasteiger partial charge is 0.234 e. The molecule has 0 unspecified atom stereocenters. The van der Waals surface area contributed by atoms with Gasteiger partial charge in [0.25, 0.3) is 0 Å². The van der Waals surface area contributed by atoms with Gasteiger partial charge in [0.1, 0.15) is 6.73 Å². The Labute approximate surface area is 231 Å². The number of imidazole rings is 1. The number of aliphatic hydroxyl groups excluding tert-OH is 1. The van der Waals surface area contributed by atoms with Crippen LogP contribution in [0.2, 0.25) is 5.02 Å². The molecule has 11 heteroatoms. The zero-order chi connectivity index (χ0) is 27.4. The van der Waals surface area contributed by atoms with Crippen molar-refractivity contribution in [3.05, 3.63) is 88.3 Å². The number of benzene rings is 2. The van der Waals surface area contributed by atoms with Crippen LogP contribution in [-0.2, 0) is 29.7 Å². The van der Waals surface area contributed by atoms with Crippen LogP contribution in [0.1, 0.15) is 28.3 Å². The summed E-state index contributed by atoms with van der Waals surface area (Å²) in [5, 5.41) is 16.3. The molecule has 3 N–H and O–H groups in total. The van der Waals surface area contributed by atoms with Crippen LogP contribution >= 0.6 is 11.6 Å². The lowest BCUT2D eigenvalue weighted by atomic mass is 10.0. The third kappa shape index (κ3) is 6.43. The van der Waals surface area contributed by atoms with Gasteiger partial charge in [-0.05, 0) is 29.7 Å². The highest BCUT2D eigenvalue weighted by Gasteiger charge is 2.21. The molecule has 1 aliphatic heterocycles. The van der Waals surface area contributed by atoms with Gasteiger partial charge < -0.3 is 19.7 Å². The fourth-order valence-corrected chi connectivity index (χ4v) is 4.71. The molecule has 0 saturated carbocycles. The lowest BCUT2D eigenvalue weighted by Crippen LogP contribution is -2.40. The molecule has 2 aromatic heterocycles. The summed E-state index contributed by atoms with van der Waals surface area (Å²) in [6, 6.07) is 13.3. The molecule has 0 aliphatic carbocycles. The van der Waals surface area contributed by atoms with Gasteiger partial charge in [-0.1, -0.05) is 53.6 Å². The Morgan fingerprint density at radius 3 is 2.85 bits per heavy atom. The van der Waals surface area contributed by atoms with Crippen LogP contribution in [0.25, 0.3) is 11.3 Å². The minimum absolute atomic E-state index is 0.142. The second kappa shape index (κ2) is 11.9. The fourth-order valence-electron chi connectivity index (χ4n) is 4.51. The van der Waals surface area contributed by atoms with Gasteiger partial charge in [-0.2, -0.15) is 0 Å². The van der Waals surface area contributed by atoms with Gasteiger partial charge in [-0.25, -0.2) is 15.0 Å². The number of fused-ring (bicyclic) bond motifs is 1. The predicted octanol–water partition coefficient (Wildman–Crippen LogP) is 3.72. The van der Waals surface area contributed by atoms with E-state index in [-0.39, 0.29) is 19.1 Å². The normalized spacial score (nSPS) is 14.4. The molecule has 0 spiro atoms. The highest BCUT2D eigenvalue weighted by molar-refractivity contribution is 6.32. The Hall–Kier alpha value is -3.83. The van der Waals surface area contributed by atoms with E-state index in [1.54, 1.807) is 12.4 Å². The molecule has 202 valence electrons. The van der Waals surface area contributed by atoms with Crippen LogP contribution in [0.4, 0.5) is 11.9 Å². The Bertz CT molecular complexity index is 1480. The number of halogens is 1. The number of nitrogens with one attached hydrogen (secondary N) is 2. The number of hydrogen-bond acceptors (Lipinski definition) is 8. The summed E-state index contributed by atoms with van der Waals surface area (Å²) in [5.74, 6) is 0.825. The number of hydrogen-bond donors (Lipinski definition) is 3. The zero-order valence-electron chi connectivity index (χ0n) is 21.8. The van der Waals surface area contributed by atoms with Crippen molar-refractivity contribution in [2.45, 2.75) is 26.1 Å². The van der Waals surface area contributed by atoms with Gasteiger partial charge in [-0.3, -0.25) is 15.0 Å². The molecule has 1 aliphatic rings. The van der Waals surface area contributed by atoms with Gasteiger partial charge in [-0.15, -0.1) is 0 Å². The van der Waals surface area contributed by atoms with Crippen LogP contribution in [0, 0.1) is 6.92 Å². The number of aromatic nitrogens is 4. The molecule has 4 aromatic rings. The molecule has 1 atom stereocenters. The van der Waals surface area contributed by atoms with E-state index in [2.05, 4.69) is 25.6 Å². The summed E-state index contributed by atoms with van der Waals surface area (Å²) in [6.45, 7) is 3.18. The molecule has 0 radical (unpaired) electrons. The summed E-state index contributed by atoms with van der Waals surface area (Å²) < 4.78 is 7.73. The number of amides is 1. The van der Waals surface area contributed by atoms with Gasteiger partial charge >= 0.3 is 0 Å². The SMILES string of the molecule is Cc1cccc([C@@H](CO)NC(=O)CN2COCc3cc(-c4nc(Nc5nccn5C)ncc4Cl)ccc3C2)c1. The molecule has 3 heterocycles. The van der Waals surface area contributed by atoms with Crippen molar-refractivity contribution in [1.82, 2.24) is 29.7 Å². The van der Waals surface area contributed by atoms with Crippen LogP contribution < -0.4 is 10.6 Å². The zero-order valence-corrected chi connectivity index (χ0v) is 22.5. The minimum atomic E-state index is -0.463. The van der Waals surface area contributed by atoms with Crippen molar-refractivity contribution >= 4 is 29.4 Å². The highest BCUT2D eigenvalue weighted by atomic mass is 35.5. The first-order valence-corrected chi connectivity index (χ1v) is 12.9. The first kappa shape index (κ1) is 26.8. The molecule has 2 aromatic carbocycles. The van der Waals surface area contributed by atoms with Crippen LogP contribution in [0.3, 0.4) is 0 Å². The average Bonchev–Trinajstić information content (AvgIpc) is 3.21. The summed E-state index contributed by atoms with van der Waals surface area (Å²) in [6.07, 6.45) is 5.08. The van der Waals surface area contributed by atoms with Crippen molar-refractivity contribution < 1.29 is 14.6 Å². The van der Waals surface area contributed by atoms with Crippen LogP contribution in [-0.4, -0.2) is 55.3 Å². The second-order valence-corrected chi connectivity index (χ2v) is 9.95. The number of rotatable bonds is 8. The Morgan fingerprint density at radius 2 is 2.08 bits per heavy atom. The number of anilines is 2. The summed E-state index contributed by atoms with van der Waals surface area (Å²) in [4.78, 5) is 27.9. The maximum absolute atomic E-state index is 12.8. The van der Waals surface area contributed by atoms with Crippen molar-refractivity contribution in [2.75, 3.05) is 25.2 Å². The van der Waals surface area contributed by atoms with E-state index in [9.17, 15) is 9.90 Å². The molecule has 5 rings (SSSR count). The summed E-state index contributed by atoms with van der Waals surface area (Å²) in [7, 11) is 1.88. The highest BCUT2D eigenvalue weighted by Crippen LogP contribution is 2.30. The molecule has 0 saturated heterocycles.